The Morgan fingerprint density at radius 2 is 2.00 bits per heavy atom. The summed E-state index contributed by atoms with van der Waals surface area (Å²) in [6, 6.07) is -0.262. The van der Waals surface area contributed by atoms with Crippen LogP contribution in [0.15, 0.2) is 0 Å². The Hall–Kier alpha value is -0.570. The number of aliphatic carboxylic acids is 1. The standard InChI is InChI=1S/C7H11NO2.C2H6/c9-6(10)5-1-2-7(8-5)3-4-7;1-2/h5,8H,1-4H2,(H,9,10);1-2H3. The Kier molecular flexibility index (Phi) is 2.73. The van der Waals surface area contributed by atoms with Gasteiger partial charge in [0.05, 0.1) is 0 Å². The molecule has 1 atom stereocenters. The normalized spacial score (nSPS) is 29.3. The topological polar surface area (TPSA) is 49.3 Å². The summed E-state index contributed by atoms with van der Waals surface area (Å²) >= 11 is 0. The number of hydrogen-bond acceptors (Lipinski definition) is 2. The fourth-order valence-corrected chi connectivity index (χ4v) is 1.67. The molecule has 12 heavy (non-hydrogen) atoms. The van der Waals surface area contributed by atoms with Gasteiger partial charge in [0, 0.05) is 5.54 Å². The average molecular weight is 171 g/mol. The molecule has 70 valence electrons. The molecule has 0 bridgehead atoms. The van der Waals surface area contributed by atoms with Gasteiger partial charge in [-0.2, -0.15) is 0 Å². The van der Waals surface area contributed by atoms with Gasteiger partial charge in [0.25, 0.3) is 0 Å². The van der Waals surface area contributed by atoms with E-state index in [9.17, 15) is 4.79 Å². The lowest BCUT2D eigenvalue weighted by Gasteiger charge is -2.07. The molecule has 1 aliphatic heterocycles. The number of carboxylic acid groups (broad SMARTS) is 1. The zero-order valence-corrected chi connectivity index (χ0v) is 7.76. The molecule has 2 aliphatic rings. The minimum Gasteiger partial charge on any atom is -0.480 e. The number of rotatable bonds is 1. The molecule has 1 saturated carbocycles. The maximum atomic E-state index is 10.5. The molecule has 3 heteroatoms. The predicted octanol–water partition coefficient (Wildman–Crippen LogP) is 1.38. The second-order valence-corrected chi connectivity index (χ2v) is 3.35. The lowest BCUT2D eigenvalue weighted by Crippen LogP contribution is -2.36. The quantitative estimate of drug-likeness (QED) is 0.626. The fourth-order valence-electron chi connectivity index (χ4n) is 1.67. The van der Waals surface area contributed by atoms with Crippen LogP contribution < -0.4 is 5.32 Å². The molecule has 0 aromatic carbocycles. The van der Waals surface area contributed by atoms with Crippen LogP contribution in [0, 0.1) is 0 Å². The third-order valence-corrected chi connectivity index (χ3v) is 2.54. The summed E-state index contributed by atoms with van der Waals surface area (Å²) in [5.41, 5.74) is 0.267. The van der Waals surface area contributed by atoms with E-state index in [-0.39, 0.29) is 11.6 Å². The van der Waals surface area contributed by atoms with Crippen molar-refractivity contribution in [3.05, 3.63) is 0 Å². The van der Waals surface area contributed by atoms with Gasteiger partial charge in [-0.1, -0.05) is 13.8 Å². The molecule has 1 heterocycles. The largest absolute Gasteiger partial charge is 0.480 e. The van der Waals surface area contributed by atoms with Gasteiger partial charge in [-0.3, -0.25) is 10.1 Å². The minimum absolute atomic E-state index is 0.262. The first-order chi connectivity index (χ1) is 5.72. The third-order valence-electron chi connectivity index (χ3n) is 2.54. The highest BCUT2D eigenvalue weighted by Gasteiger charge is 2.49. The van der Waals surface area contributed by atoms with E-state index in [1.54, 1.807) is 0 Å². The van der Waals surface area contributed by atoms with Crippen molar-refractivity contribution in [1.29, 1.82) is 0 Å². The van der Waals surface area contributed by atoms with Gasteiger partial charge < -0.3 is 5.11 Å². The van der Waals surface area contributed by atoms with Crippen LogP contribution >= 0.6 is 0 Å². The van der Waals surface area contributed by atoms with E-state index in [2.05, 4.69) is 5.32 Å². The summed E-state index contributed by atoms with van der Waals surface area (Å²) in [6.07, 6.45) is 4.23. The molecule has 0 aromatic rings. The van der Waals surface area contributed by atoms with Gasteiger partial charge in [-0.15, -0.1) is 0 Å². The van der Waals surface area contributed by atoms with E-state index in [0.29, 0.717) is 0 Å². The van der Waals surface area contributed by atoms with Crippen LogP contribution in [0.4, 0.5) is 0 Å². The molecular weight excluding hydrogens is 154 g/mol. The number of nitrogens with one attached hydrogen (secondary N) is 1. The van der Waals surface area contributed by atoms with Gasteiger partial charge in [0.15, 0.2) is 0 Å². The third kappa shape index (κ3) is 1.78. The second-order valence-electron chi connectivity index (χ2n) is 3.35. The molecule has 0 amide bonds. The first-order valence-corrected chi connectivity index (χ1v) is 4.72. The summed E-state index contributed by atoms with van der Waals surface area (Å²) in [5, 5.41) is 11.8. The molecule has 1 unspecified atom stereocenters. The Morgan fingerprint density at radius 3 is 2.25 bits per heavy atom. The molecule has 1 aliphatic carbocycles. The van der Waals surface area contributed by atoms with Crippen molar-refractivity contribution in [2.24, 2.45) is 0 Å². The first kappa shape index (κ1) is 9.52. The highest BCUT2D eigenvalue weighted by atomic mass is 16.4. The SMILES string of the molecule is CC.O=C(O)C1CCC2(CC2)N1. The van der Waals surface area contributed by atoms with Crippen molar-refractivity contribution in [3.8, 4) is 0 Å². The van der Waals surface area contributed by atoms with Crippen LogP contribution in [0.5, 0.6) is 0 Å². The van der Waals surface area contributed by atoms with Gasteiger partial charge in [-0.25, -0.2) is 0 Å². The van der Waals surface area contributed by atoms with Crippen molar-refractivity contribution in [1.82, 2.24) is 5.32 Å². The summed E-state index contributed by atoms with van der Waals surface area (Å²) < 4.78 is 0. The van der Waals surface area contributed by atoms with Crippen molar-refractivity contribution in [3.63, 3.8) is 0 Å². The smallest absolute Gasteiger partial charge is 0.320 e. The molecule has 2 rings (SSSR count). The Labute approximate surface area is 73.2 Å². The number of carbonyl (C=O) groups is 1. The van der Waals surface area contributed by atoms with Gasteiger partial charge in [0.2, 0.25) is 0 Å². The zero-order chi connectivity index (χ0) is 9.19. The average Bonchev–Trinajstić information content (AvgIpc) is 2.65. The van der Waals surface area contributed by atoms with E-state index < -0.39 is 5.97 Å². The van der Waals surface area contributed by atoms with E-state index >= 15 is 0 Å². The monoisotopic (exact) mass is 171 g/mol. The highest BCUT2D eigenvalue weighted by Crippen LogP contribution is 2.44. The summed E-state index contributed by atoms with van der Waals surface area (Å²) in [5.74, 6) is -0.691. The van der Waals surface area contributed by atoms with Crippen LogP contribution in [0.1, 0.15) is 39.5 Å². The number of carboxylic acids is 1. The molecule has 1 spiro atoms. The molecule has 2 N–H and O–H groups in total. The van der Waals surface area contributed by atoms with Crippen molar-refractivity contribution >= 4 is 5.97 Å². The van der Waals surface area contributed by atoms with Crippen LogP contribution in [-0.2, 0) is 4.79 Å². The van der Waals surface area contributed by atoms with E-state index in [4.69, 9.17) is 5.11 Å². The van der Waals surface area contributed by atoms with Crippen LogP contribution in [0.25, 0.3) is 0 Å². The Bertz CT molecular complexity index is 175. The Balaban J connectivity index is 0.000000336. The van der Waals surface area contributed by atoms with E-state index in [1.807, 2.05) is 13.8 Å². The van der Waals surface area contributed by atoms with Crippen LogP contribution in [-0.4, -0.2) is 22.7 Å². The van der Waals surface area contributed by atoms with Crippen molar-refractivity contribution in [2.75, 3.05) is 0 Å². The summed E-state index contributed by atoms with van der Waals surface area (Å²) in [7, 11) is 0. The maximum Gasteiger partial charge on any atom is 0.320 e. The highest BCUT2D eigenvalue weighted by molar-refractivity contribution is 5.74. The maximum absolute atomic E-state index is 10.5. The zero-order valence-electron chi connectivity index (χ0n) is 7.76. The number of hydrogen-bond donors (Lipinski definition) is 2. The summed E-state index contributed by atoms with van der Waals surface area (Å²) in [4.78, 5) is 10.5. The van der Waals surface area contributed by atoms with Crippen molar-refractivity contribution < 1.29 is 9.90 Å². The molecule has 3 nitrogen and oxygen atoms in total. The van der Waals surface area contributed by atoms with Crippen molar-refractivity contribution in [2.45, 2.75) is 51.1 Å². The molecule has 0 radical (unpaired) electrons. The van der Waals surface area contributed by atoms with Crippen LogP contribution in [0.3, 0.4) is 0 Å². The van der Waals surface area contributed by atoms with Gasteiger partial charge in [0.1, 0.15) is 6.04 Å². The predicted molar refractivity (Wildman–Crippen MR) is 47.1 cm³/mol. The molecule has 1 saturated heterocycles. The first-order valence-electron chi connectivity index (χ1n) is 4.72. The van der Waals surface area contributed by atoms with Gasteiger partial charge >= 0.3 is 5.97 Å². The minimum atomic E-state index is -0.691. The Morgan fingerprint density at radius 1 is 1.42 bits per heavy atom. The lowest BCUT2D eigenvalue weighted by atomic mass is 10.2. The molecule has 0 aromatic heterocycles. The van der Waals surface area contributed by atoms with E-state index in [0.717, 1.165) is 12.8 Å². The fraction of sp³-hybridized carbons (Fsp3) is 0.889. The summed E-state index contributed by atoms with van der Waals surface area (Å²) in [6.45, 7) is 4.00. The molecular formula is C9H17NO2. The van der Waals surface area contributed by atoms with E-state index in [1.165, 1.54) is 12.8 Å². The van der Waals surface area contributed by atoms with Gasteiger partial charge in [-0.05, 0) is 25.7 Å². The van der Waals surface area contributed by atoms with Crippen LogP contribution in [0.2, 0.25) is 0 Å². The molecule has 2 fully saturated rings. The lowest BCUT2D eigenvalue weighted by molar-refractivity contribution is -0.139. The second kappa shape index (κ2) is 3.44.